The Balaban J connectivity index is 1.89. The Morgan fingerprint density at radius 2 is 1.62 bits per heavy atom. The quantitative estimate of drug-likeness (QED) is 0.235. The summed E-state index contributed by atoms with van der Waals surface area (Å²) in [6, 6.07) is 16.7. The van der Waals surface area contributed by atoms with E-state index in [9.17, 15) is 14.7 Å². The molecule has 0 aromatic heterocycles. The number of aliphatic hydroxyl groups is 1. The molecule has 1 saturated heterocycles. The first-order valence-electron chi connectivity index (χ1n) is 11.4. The number of anilines is 1. The van der Waals surface area contributed by atoms with Gasteiger partial charge in [0.1, 0.15) is 17.3 Å². The van der Waals surface area contributed by atoms with Crippen LogP contribution in [0.2, 0.25) is 10.0 Å². The molecule has 0 saturated carbocycles. The van der Waals surface area contributed by atoms with Gasteiger partial charge in [0.15, 0.2) is 0 Å². The third kappa shape index (κ3) is 5.10. The van der Waals surface area contributed by atoms with E-state index in [1.54, 1.807) is 19.2 Å². The second-order valence-corrected chi connectivity index (χ2v) is 9.57. The van der Waals surface area contributed by atoms with Crippen LogP contribution in [-0.4, -0.2) is 50.0 Å². The molecule has 0 radical (unpaired) electrons. The number of ketones is 1. The van der Waals surface area contributed by atoms with Gasteiger partial charge in [-0.2, -0.15) is 0 Å². The minimum atomic E-state index is -0.860. The van der Waals surface area contributed by atoms with E-state index >= 15 is 0 Å². The number of carbonyl (C=O) groups excluding carboxylic acids is 2. The van der Waals surface area contributed by atoms with Gasteiger partial charge in [0.2, 0.25) is 0 Å². The van der Waals surface area contributed by atoms with Crippen molar-refractivity contribution in [2.45, 2.75) is 12.6 Å². The number of methoxy groups -OCH3 is 2. The summed E-state index contributed by atoms with van der Waals surface area (Å²) in [5.74, 6) is -1.14. The highest BCUT2D eigenvalue weighted by atomic mass is 35.5. The van der Waals surface area contributed by atoms with Crippen molar-refractivity contribution in [3.8, 4) is 11.5 Å². The van der Waals surface area contributed by atoms with E-state index in [4.69, 9.17) is 32.7 Å². The highest BCUT2D eigenvalue weighted by Crippen LogP contribution is 2.44. The lowest BCUT2D eigenvalue weighted by Crippen LogP contribution is -2.29. The number of halogens is 2. The zero-order valence-electron chi connectivity index (χ0n) is 20.8. The van der Waals surface area contributed by atoms with Crippen LogP contribution in [0.25, 0.3) is 5.76 Å². The summed E-state index contributed by atoms with van der Waals surface area (Å²) in [5.41, 5.74) is 2.44. The van der Waals surface area contributed by atoms with Gasteiger partial charge in [0.05, 0.1) is 36.4 Å². The number of benzene rings is 3. The summed E-state index contributed by atoms with van der Waals surface area (Å²) >= 11 is 12.5. The molecule has 3 aromatic rings. The predicted octanol–water partition coefficient (Wildman–Crippen LogP) is 5.70. The number of hydrogen-bond donors (Lipinski definition) is 1. The van der Waals surface area contributed by atoms with Crippen molar-refractivity contribution >= 4 is 46.3 Å². The maximum Gasteiger partial charge on any atom is 0.295 e. The molecular weight excluding hydrogens is 515 g/mol. The molecule has 1 amide bonds. The van der Waals surface area contributed by atoms with E-state index in [1.807, 2.05) is 55.4 Å². The molecule has 9 heteroatoms. The Morgan fingerprint density at radius 3 is 2.19 bits per heavy atom. The molecule has 0 bridgehead atoms. The highest BCUT2D eigenvalue weighted by Gasteiger charge is 2.46. The van der Waals surface area contributed by atoms with Gasteiger partial charge in [-0.25, -0.2) is 0 Å². The second-order valence-electron chi connectivity index (χ2n) is 8.73. The van der Waals surface area contributed by atoms with Gasteiger partial charge in [-0.05, 0) is 47.5 Å². The van der Waals surface area contributed by atoms with Crippen molar-refractivity contribution in [3.05, 3.63) is 93.0 Å². The van der Waals surface area contributed by atoms with Crippen LogP contribution in [0.3, 0.4) is 0 Å². The Morgan fingerprint density at radius 1 is 0.973 bits per heavy atom. The van der Waals surface area contributed by atoms with Crippen molar-refractivity contribution in [1.29, 1.82) is 0 Å². The van der Waals surface area contributed by atoms with Crippen molar-refractivity contribution in [2.24, 2.45) is 0 Å². The first kappa shape index (κ1) is 26.4. The zero-order valence-corrected chi connectivity index (χ0v) is 22.3. The highest BCUT2D eigenvalue weighted by molar-refractivity contribution is 6.46. The van der Waals surface area contributed by atoms with Gasteiger partial charge in [-0.15, -0.1) is 0 Å². The van der Waals surface area contributed by atoms with E-state index in [1.165, 1.54) is 24.1 Å². The molecule has 1 aliphatic heterocycles. The lowest BCUT2D eigenvalue weighted by molar-refractivity contribution is -0.140. The molecule has 37 heavy (non-hydrogen) atoms. The fraction of sp³-hybridized carbons (Fsp3) is 0.214. The second kappa shape index (κ2) is 10.7. The van der Waals surface area contributed by atoms with Crippen molar-refractivity contribution < 1.29 is 24.2 Å². The molecule has 1 atom stereocenters. The van der Waals surface area contributed by atoms with Crippen molar-refractivity contribution in [1.82, 2.24) is 4.90 Å². The monoisotopic (exact) mass is 540 g/mol. The van der Waals surface area contributed by atoms with E-state index in [0.717, 1.165) is 11.3 Å². The lowest BCUT2D eigenvalue weighted by Gasteiger charge is -2.26. The number of likely N-dealkylation sites (tertiary alicyclic amines) is 1. The van der Waals surface area contributed by atoms with Crippen LogP contribution in [0.1, 0.15) is 22.7 Å². The van der Waals surface area contributed by atoms with Crippen LogP contribution in [0.5, 0.6) is 11.5 Å². The van der Waals surface area contributed by atoms with E-state index in [2.05, 4.69) is 0 Å². The van der Waals surface area contributed by atoms with Gasteiger partial charge in [0, 0.05) is 31.4 Å². The molecule has 1 unspecified atom stereocenters. The average molecular weight is 541 g/mol. The van der Waals surface area contributed by atoms with E-state index < -0.39 is 23.5 Å². The molecule has 3 aromatic carbocycles. The number of nitrogens with zero attached hydrogens (tertiary/aromatic N) is 2. The first-order valence-corrected chi connectivity index (χ1v) is 12.1. The van der Waals surface area contributed by atoms with Crippen LogP contribution in [-0.2, 0) is 16.1 Å². The molecule has 7 nitrogen and oxygen atoms in total. The molecule has 1 N–H and O–H groups in total. The standard InChI is InChI=1S/C28H26Cl2N2O5/c1-31(2)19-9-7-17(8-10-19)24-23(25(33)21-13-18(29)14-22(30)27(21)37-4)26(34)28(35)32(24)15-16-5-11-20(36-3)12-6-16/h5-14,24,33H,15H2,1-4H3/b25-23+. The van der Waals surface area contributed by atoms with Crippen molar-refractivity contribution in [2.75, 3.05) is 33.2 Å². The van der Waals surface area contributed by atoms with Gasteiger partial charge >= 0.3 is 0 Å². The largest absolute Gasteiger partial charge is 0.507 e. The van der Waals surface area contributed by atoms with Crippen molar-refractivity contribution in [3.63, 3.8) is 0 Å². The smallest absolute Gasteiger partial charge is 0.295 e. The number of rotatable bonds is 7. The molecule has 1 aliphatic rings. The van der Waals surface area contributed by atoms with E-state index in [-0.39, 0.29) is 33.5 Å². The molecule has 4 rings (SSSR count). The maximum atomic E-state index is 13.4. The fourth-order valence-electron chi connectivity index (χ4n) is 4.36. The van der Waals surface area contributed by atoms with Crippen LogP contribution in [0.4, 0.5) is 5.69 Å². The first-order chi connectivity index (χ1) is 17.7. The van der Waals surface area contributed by atoms with Gasteiger partial charge in [-0.1, -0.05) is 47.5 Å². The SMILES string of the molecule is COc1ccc(CN2C(=O)C(=O)/C(=C(/O)c3cc(Cl)cc(Cl)c3OC)C2c2ccc(N(C)C)cc2)cc1. The topological polar surface area (TPSA) is 79.3 Å². The third-order valence-corrected chi connectivity index (χ3v) is 6.74. The van der Waals surface area contributed by atoms with Gasteiger partial charge in [0.25, 0.3) is 11.7 Å². The Labute approximate surface area is 225 Å². The normalized spacial score (nSPS) is 16.7. The van der Waals surface area contributed by atoms with Gasteiger partial charge in [-0.3, -0.25) is 9.59 Å². The Bertz CT molecular complexity index is 1370. The summed E-state index contributed by atoms with van der Waals surface area (Å²) in [6.07, 6.45) is 0. The third-order valence-electron chi connectivity index (χ3n) is 6.24. The van der Waals surface area contributed by atoms with Crippen LogP contribution in [0, 0.1) is 0 Å². The van der Waals surface area contributed by atoms with Crippen LogP contribution >= 0.6 is 23.2 Å². The van der Waals surface area contributed by atoms with E-state index in [0.29, 0.717) is 11.3 Å². The number of aliphatic hydroxyl groups excluding tert-OH is 1. The van der Waals surface area contributed by atoms with Crippen LogP contribution in [0.15, 0.2) is 66.2 Å². The Hall–Kier alpha value is -3.68. The summed E-state index contributed by atoms with van der Waals surface area (Å²) in [4.78, 5) is 30.1. The minimum Gasteiger partial charge on any atom is -0.507 e. The average Bonchev–Trinajstić information content (AvgIpc) is 3.13. The number of carbonyl (C=O) groups is 2. The summed E-state index contributed by atoms with van der Waals surface area (Å²) < 4.78 is 10.6. The zero-order chi connectivity index (χ0) is 26.9. The molecule has 1 fully saturated rings. The summed E-state index contributed by atoms with van der Waals surface area (Å²) in [5, 5.41) is 11.9. The molecule has 1 heterocycles. The van der Waals surface area contributed by atoms with Gasteiger partial charge < -0.3 is 24.4 Å². The number of ether oxygens (including phenoxy) is 2. The molecular formula is C28H26Cl2N2O5. The fourth-order valence-corrected chi connectivity index (χ4v) is 4.93. The summed E-state index contributed by atoms with van der Waals surface area (Å²) in [6.45, 7) is 0.138. The molecule has 0 spiro atoms. The summed E-state index contributed by atoms with van der Waals surface area (Å²) in [7, 11) is 6.80. The maximum absolute atomic E-state index is 13.4. The minimum absolute atomic E-state index is 0.0762. The Kier molecular flexibility index (Phi) is 7.66. The lowest BCUT2D eigenvalue weighted by atomic mass is 9.94. The van der Waals surface area contributed by atoms with Crippen LogP contribution < -0.4 is 14.4 Å². The number of hydrogen-bond acceptors (Lipinski definition) is 6. The molecule has 0 aliphatic carbocycles. The number of amides is 1. The predicted molar refractivity (Wildman–Crippen MR) is 145 cm³/mol. The number of Topliss-reactive ketones (excluding diaryl/α,β-unsaturated/α-hetero) is 1. The molecule has 192 valence electrons.